The average Bonchev–Trinajstić information content (AvgIpc) is 2.42. The molecule has 1 aromatic carbocycles. The van der Waals surface area contributed by atoms with Crippen LogP contribution in [0.2, 0.25) is 0 Å². The van der Waals surface area contributed by atoms with Crippen LogP contribution < -0.4 is 10.6 Å². The Bertz CT molecular complexity index is 549. The van der Waals surface area contributed by atoms with Crippen LogP contribution in [0.3, 0.4) is 0 Å². The van der Waals surface area contributed by atoms with Crippen molar-refractivity contribution in [2.45, 2.75) is 13.8 Å². The fourth-order valence-electron chi connectivity index (χ4n) is 1.46. The number of nitro benzene ring substituents is 1. The van der Waals surface area contributed by atoms with Crippen LogP contribution in [0, 0.1) is 27.4 Å². The van der Waals surface area contributed by atoms with Gasteiger partial charge < -0.3 is 10.6 Å². The number of anilines is 1. The maximum Gasteiger partial charge on any atom is 0.293 e. The molecule has 0 aliphatic heterocycles. The summed E-state index contributed by atoms with van der Waals surface area (Å²) in [4.78, 5) is 21.8. The zero-order valence-electron chi connectivity index (χ0n) is 11.3. The van der Waals surface area contributed by atoms with E-state index in [1.165, 1.54) is 18.2 Å². The van der Waals surface area contributed by atoms with Crippen LogP contribution in [0.4, 0.5) is 11.4 Å². The molecule has 0 atom stereocenters. The lowest BCUT2D eigenvalue weighted by molar-refractivity contribution is -0.384. The molecule has 20 heavy (non-hydrogen) atoms. The van der Waals surface area contributed by atoms with Gasteiger partial charge in [-0.1, -0.05) is 13.8 Å². The zero-order valence-corrected chi connectivity index (χ0v) is 11.3. The Balaban J connectivity index is 2.71. The van der Waals surface area contributed by atoms with Crippen molar-refractivity contribution in [1.82, 2.24) is 5.32 Å². The smallest absolute Gasteiger partial charge is 0.293 e. The molecule has 7 nitrogen and oxygen atoms in total. The molecular formula is C13H16N4O3. The van der Waals surface area contributed by atoms with E-state index in [4.69, 9.17) is 5.26 Å². The highest BCUT2D eigenvalue weighted by molar-refractivity contribution is 5.81. The zero-order chi connectivity index (χ0) is 15.1. The first-order valence-corrected chi connectivity index (χ1v) is 6.13. The maximum atomic E-state index is 11.5. The number of amides is 1. The molecule has 0 spiro atoms. The van der Waals surface area contributed by atoms with Gasteiger partial charge in [0.2, 0.25) is 5.91 Å². The minimum Gasteiger partial charge on any atom is -0.371 e. The lowest BCUT2D eigenvalue weighted by Gasteiger charge is -2.09. The number of benzene rings is 1. The molecule has 0 fully saturated rings. The molecule has 0 aliphatic rings. The molecule has 0 saturated carbocycles. The molecule has 0 radical (unpaired) electrons. The highest BCUT2D eigenvalue weighted by atomic mass is 16.6. The van der Waals surface area contributed by atoms with Crippen molar-refractivity contribution in [3.8, 4) is 6.07 Å². The molecule has 0 saturated heterocycles. The van der Waals surface area contributed by atoms with Crippen LogP contribution in [-0.4, -0.2) is 23.9 Å². The van der Waals surface area contributed by atoms with Gasteiger partial charge in [0.1, 0.15) is 5.69 Å². The van der Waals surface area contributed by atoms with E-state index >= 15 is 0 Å². The van der Waals surface area contributed by atoms with Crippen LogP contribution in [0.5, 0.6) is 0 Å². The van der Waals surface area contributed by atoms with Crippen molar-refractivity contribution in [2.24, 2.45) is 5.92 Å². The molecule has 7 heteroatoms. The molecular weight excluding hydrogens is 260 g/mol. The Labute approximate surface area is 116 Å². The van der Waals surface area contributed by atoms with E-state index < -0.39 is 4.92 Å². The van der Waals surface area contributed by atoms with Gasteiger partial charge in [0.05, 0.1) is 23.1 Å². The first-order chi connectivity index (χ1) is 9.43. The van der Waals surface area contributed by atoms with Crippen molar-refractivity contribution >= 4 is 17.3 Å². The van der Waals surface area contributed by atoms with Crippen molar-refractivity contribution in [2.75, 3.05) is 18.4 Å². The molecule has 0 unspecified atom stereocenters. The van der Waals surface area contributed by atoms with E-state index in [2.05, 4.69) is 10.6 Å². The minimum atomic E-state index is -0.588. The lowest BCUT2D eigenvalue weighted by Crippen LogP contribution is -2.32. The fourth-order valence-corrected chi connectivity index (χ4v) is 1.46. The van der Waals surface area contributed by atoms with Gasteiger partial charge in [0, 0.05) is 12.6 Å². The molecule has 106 valence electrons. The highest BCUT2D eigenvalue weighted by Crippen LogP contribution is 2.24. The number of nitro groups is 1. The summed E-state index contributed by atoms with van der Waals surface area (Å²) in [7, 11) is 0. The van der Waals surface area contributed by atoms with E-state index in [1.807, 2.05) is 19.9 Å². The lowest BCUT2D eigenvalue weighted by atomic mass is 10.2. The number of hydrogen-bond donors (Lipinski definition) is 2. The highest BCUT2D eigenvalue weighted by Gasteiger charge is 2.15. The molecule has 0 heterocycles. The van der Waals surface area contributed by atoms with Gasteiger partial charge in [-0.05, 0) is 18.1 Å². The topological polar surface area (TPSA) is 108 Å². The Morgan fingerprint density at radius 3 is 2.75 bits per heavy atom. The van der Waals surface area contributed by atoms with Crippen molar-refractivity contribution in [1.29, 1.82) is 5.26 Å². The summed E-state index contributed by atoms with van der Waals surface area (Å²) < 4.78 is 0. The number of nitrogens with one attached hydrogen (secondary N) is 2. The summed E-state index contributed by atoms with van der Waals surface area (Å²) in [6.07, 6.45) is 0. The molecule has 0 aromatic heterocycles. The molecule has 1 aromatic rings. The van der Waals surface area contributed by atoms with E-state index in [0.717, 1.165) is 0 Å². The van der Waals surface area contributed by atoms with Gasteiger partial charge in [-0.15, -0.1) is 0 Å². The summed E-state index contributed by atoms with van der Waals surface area (Å²) in [6.45, 7) is 4.44. The quantitative estimate of drug-likeness (QED) is 0.606. The van der Waals surface area contributed by atoms with E-state index in [0.29, 0.717) is 12.5 Å². The minimum absolute atomic E-state index is 0.0561. The Morgan fingerprint density at radius 2 is 2.20 bits per heavy atom. The van der Waals surface area contributed by atoms with Gasteiger partial charge >= 0.3 is 0 Å². The number of hydrogen-bond acceptors (Lipinski definition) is 5. The van der Waals surface area contributed by atoms with E-state index in [-0.39, 0.29) is 29.4 Å². The van der Waals surface area contributed by atoms with E-state index in [9.17, 15) is 14.9 Å². The third-order valence-electron chi connectivity index (χ3n) is 2.47. The maximum absolute atomic E-state index is 11.5. The first kappa shape index (κ1) is 15.4. The number of nitrogens with zero attached hydrogens (tertiary/aromatic N) is 2. The van der Waals surface area contributed by atoms with Crippen molar-refractivity contribution in [3.63, 3.8) is 0 Å². The van der Waals surface area contributed by atoms with Crippen LogP contribution >= 0.6 is 0 Å². The summed E-state index contributed by atoms with van der Waals surface area (Å²) in [5.74, 6) is 0.0977. The summed E-state index contributed by atoms with van der Waals surface area (Å²) in [5, 5.41) is 25.0. The second-order valence-corrected chi connectivity index (χ2v) is 4.65. The monoisotopic (exact) mass is 276 g/mol. The standard InChI is InChI=1S/C13H16N4O3/c1-9(2)7-16-13(18)8-15-11-4-3-10(6-14)5-12(11)17(19)20/h3-5,9,15H,7-8H2,1-2H3,(H,16,18). The number of nitriles is 1. The second kappa shape index (κ2) is 7.09. The fraction of sp³-hybridized carbons (Fsp3) is 0.385. The van der Waals surface area contributed by atoms with E-state index in [1.54, 1.807) is 0 Å². The summed E-state index contributed by atoms with van der Waals surface area (Å²) >= 11 is 0. The van der Waals surface area contributed by atoms with Gasteiger partial charge in [-0.25, -0.2) is 0 Å². The van der Waals surface area contributed by atoms with Gasteiger partial charge in [0.25, 0.3) is 5.69 Å². The first-order valence-electron chi connectivity index (χ1n) is 6.13. The van der Waals surface area contributed by atoms with Crippen molar-refractivity contribution in [3.05, 3.63) is 33.9 Å². The molecule has 0 bridgehead atoms. The predicted molar refractivity (Wildman–Crippen MR) is 74.1 cm³/mol. The Morgan fingerprint density at radius 1 is 1.50 bits per heavy atom. The number of rotatable bonds is 6. The number of carbonyl (C=O) groups is 1. The van der Waals surface area contributed by atoms with Crippen LogP contribution in [0.15, 0.2) is 18.2 Å². The SMILES string of the molecule is CC(C)CNC(=O)CNc1ccc(C#N)cc1[N+](=O)[O-]. The van der Waals surface area contributed by atoms with Crippen LogP contribution in [-0.2, 0) is 4.79 Å². The Hall–Kier alpha value is -2.62. The third kappa shape index (κ3) is 4.57. The van der Waals surface area contributed by atoms with Crippen LogP contribution in [0.25, 0.3) is 0 Å². The summed E-state index contributed by atoms with van der Waals surface area (Å²) in [5.41, 5.74) is 0.195. The Kier molecular flexibility index (Phi) is 5.47. The summed E-state index contributed by atoms with van der Waals surface area (Å²) in [6, 6.07) is 5.89. The van der Waals surface area contributed by atoms with Crippen LogP contribution in [0.1, 0.15) is 19.4 Å². The molecule has 0 aliphatic carbocycles. The average molecular weight is 276 g/mol. The number of carbonyl (C=O) groups excluding carboxylic acids is 1. The molecule has 2 N–H and O–H groups in total. The second-order valence-electron chi connectivity index (χ2n) is 4.65. The van der Waals surface area contributed by atoms with Gasteiger partial charge in [-0.2, -0.15) is 5.26 Å². The van der Waals surface area contributed by atoms with Crippen molar-refractivity contribution < 1.29 is 9.72 Å². The molecule has 1 amide bonds. The predicted octanol–water partition coefficient (Wildman–Crippen LogP) is 1.65. The molecule has 1 rings (SSSR count). The van der Waals surface area contributed by atoms with Gasteiger partial charge in [0.15, 0.2) is 0 Å². The third-order valence-corrected chi connectivity index (χ3v) is 2.47. The largest absolute Gasteiger partial charge is 0.371 e. The normalized spacial score (nSPS) is 9.90. The van der Waals surface area contributed by atoms with Gasteiger partial charge in [-0.3, -0.25) is 14.9 Å².